The van der Waals surface area contributed by atoms with Gasteiger partial charge in [0.1, 0.15) is 5.69 Å². The third-order valence-corrected chi connectivity index (χ3v) is 4.05. The third kappa shape index (κ3) is 5.28. The summed E-state index contributed by atoms with van der Waals surface area (Å²) < 4.78 is 16.0. The Kier molecular flexibility index (Phi) is 7.33. The molecule has 0 atom stereocenters. The van der Waals surface area contributed by atoms with E-state index in [1.54, 1.807) is 63.0 Å². The number of hydrogen-bond donors (Lipinski definition) is 0. The first-order valence-electron chi connectivity index (χ1n) is 7.93. The molecule has 144 valence electrons. The van der Waals surface area contributed by atoms with Crippen molar-refractivity contribution in [2.45, 2.75) is 0 Å². The fourth-order valence-electron chi connectivity index (χ4n) is 2.25. The van der Waals surface area contributed by atoms with Gasteiger partial charge in [0.2, 0.25) is 5.75 Å². The molecule has 0 aromatic heterocycles. The van der Waals surface area contributed by atoms with E-state index in [0.717, 1.165) is 5.56 Å². The standard InChI is InChI=1S/C19H21Cl2N3O3/c1-24(2)11-23-18-14(20)8-13(9-15(18)21)22-10-12-6-16(25-3)19(27-5)17(7-12)26-4/h6-11H,1-5H3/b22-10+,23-11-. The fraction of sp³-hybridized carbons (Fsp3) is 0.263. The SMILES string of the molecule is COc1cc(/C=N/c2cc(Cl)c(/N=C\N(C)C)c(Cl)c2)cc(OC)c1OC. The van der Waals surface area contributed by atoms with E-state index in [4.69, 9.17) is 37.4 Å². The molecule has 0 radical (unpaired) electrons. The molecule has 0 aliphatic heterocycles. The maximum absolute atomic E-state index is 6.29. The van der Waals surface area contributed by atoms with Crippen LogP contribution in [-0.4, -0.2) is 52.9 Å². The van der Waals surface area contributed by atoms with Crippen LogP contribution >= 0.6 is 23.2 Å². The van der Waals surface area contributed by atoms with Crippen molar-refractivity contribution in [3.8, 4) is 17.2 Å². The van der Waals surface area contributed by atoms with E-state index in [0.29, 0.717) is 38.7 Å². The lowest BCUT2D eigenvalue weighted by molar-refractivity contribution is 0.324. The quantitative estimate of drug-likeness (QED) is 0.477. The zero-order chi connectivity index (χ0) is 20.0. The van der Waals surface area contributed by atoms with Gasteiger partial charge in [-0.25, -0.2) is 4.99 Å². The minimum atomic E-state index is 0.414. The van der Waals surface area contributed by atoms with E-state index in [-0.39, 0.29) is 0 Å². The fourth-order valence-corrected chi connectivity index (χ4v) is 2.82. The lowest BCUT2D eigenvalue weighted by Gasteiger charge is -2.12. The van der Waals surface area contributed by atoms with Crippen molar-refractivity contribution < 1.29 is 14.2 Å². The first kappa shape index (κ1) is 20.9. The van der Waals surface area contributed by atoms with Gasteiger partial charge in [0.25, 0.3) is 0 Å². The summed E-state index contributed by atoms with van der Waals surface area (Å²) in [5.41, 5.74) is 1.87. The zero-order valence-corrected chi connectivity index (χ0v) is 17.3. The molecule has 2 rings (SSSR count). The van der Waals surface area contributed by atoms with Crippen LogP contribution in [-0.2, 0) is 0 Å². The summed E-state index contributed by atoms with van der Waals surface area (Å²) in [5.74, 6) is 1.61. The molecule has 2 aromatic carbocycles. The Hall–Kier alpha value is -2.44. The van der Waals surface area contributed by atoms with E-state index >= 15 is 0 Å². The number of nitrogens with zero attached hydrogens (tertiary/aromatic N) is 3. The van der Waals surface area contributed by atoms with Gasteiger partial charge in [0.15, 0.2) is 11.5 Å². The number of benzene rings is 2. The smallest absolute Gasteiger partial charge is 0.203 e. The molecule has 0 saturated heterocycles. The van der Waals surface area contributed by atoms with Crippen molar-refractivity contribution in [1.82, 2.24) is 4.90 Å². The maximum atomic E-state index is 6.29. The monoisotopic (exact) mass is 409 g/mol. The van der Waals surface area contributed by atoms with Crippen LogP contribution in [0.15, 0.2) is 34.3 Å². The van der Waals surface area contributed by atoms with Crippen molar-refractivity contribution in [3.63, 3.8) is 0 Å². The molecule has 0 bridgehead atoms. The summed E-state index contributed by atoms with van der Waals surface area (Å²) >= 11 is 12.6. The zero-order valence-electron chi connectivity index (χ0n) is 15.8. The van der Waals surface area contributed by atoms with Crippen LogP contribution in [0.4, 0.5) is 11.4 Å². The van der Waals surface area contributed by atoms with Gasteiger partial charge < -0.3 is 19.1 Å². The second-order valence-electron chi connectivity index (χ2n) is 5.68. The van der Waals surface area contributed by atoms with Gasteiger partial charge in [-0.2, -0.15) is 0 Å². The number of hydrogen-bond acceptors (Lipinski definition) is 5. The molecular formula is C19H21Cl2N3O3. The summed E-state index contributed by atoms with van der Waals surface area (Å²) in [7, 11) is 8.40. The molecule has 0 fully saturated rings. The topological polar surface area (TPSA) is 55.7 Å². The van der Waals surface area contributed by atoms with E-state index in [1.165, 1.54) is 0 Å². The lowest BCUT2D eigenvalue weighted by atomic mass is 10.2. The predicted octanol–water partition coefficient (Wildman–Crippen LogP) is 4.99. The van der Waals surface area contributed by atoms with Gasteiger partial charge >= 0.3 is 0 Å². The van der Waals surface area contributed by atoms with Crippen LogP contribution < -0.4 is 14.2 Å². The third-order valence-electron chi connectivity index (χ3n) is 3.47. The Morgan fingerprint density at radius 3 is 1.85 bits per heavy atom. The second-order valence-corrected chi connectivity index (χ2v) is 6.50. The molecule has 0 saturated carbocycles. The van der Waals surface area contributed by atoms with E-state index < -0.39 is 0 Å². The van der Waals surface area contributed by atoms with Crippen molar-refractivity contribution in [1.29, 1.82) is 0 Å². The summed E-state index contributed by atoms with van der Waals surface area (Å²) in [6, 6.07) is 6.99. The number of halogens is 2. The largest absolute Gasteiger partial charge is 0.493 e. The van der Waals surface area contributed by atoms with Crippen LogP contribution in [0.5, 0.6) is 17.2 Å². The van der Waals surface area contributed by atoms with Crippen molar-refractivity contribution in [3.05, 3.63) is 39.9 Å². The second kappa shape index (κ2) is 9.48. The van der Waals surface area contributed by atoms with Crippen LogP contribution in [0.25, 0.3) is 0 Å². The molecule has 0 aliphatic rings. The van der Waals surface area contributed by atoms with E-state index in [9.17, 15) is 0 Å². The van der Waals surface area contributed by atoms with E-state index in [1.807, 2.05) is 14.1 Å². The molecule has 0 unspecified atom stereocenters. The molecule has 2 aromatic rings. The van der Waals surface area contributed by atoms with Gasteiger partial charge in [-0.1, -0.05) is 23.2 Å². The summed E-state index contributed by atoms with van der Waals surface area (Å²) in [6.07, 6.45) is 3.29. The maximum Gasteiger partial charge on any atom is 0.203 e. The molecule has 0 amide bonds. The first-order chi connectivity index (χ1) is 12.9. The van der Waals surface area contributed by atoms with Crippen LogP contribution in [0, 0.1) is 0 Å². The molecule has 6 nitrogen and oxygen atoms in total. The van der Waals surface area contributed by atoms with Gasteiger partial charge in [0, 0.05) is 25.9 Å². The van der Waals surface area contributed by atoms with Crippen LogP contribution in [0.2, 0.25) is 10.0 Å². The number of rotatable bonds is 7. The average molecular weight is 410 g/mol. The number of methoxy groups -OCH3 is 3. The van der Waals surface area contributed by atoms with Gasteiger partial charge in [-0.15, -0.1) is 0 Å². The molecule has 27 heavy (non-hydrogen) atoms. The minimum Gasteiger partial charge on any atom is -0.493 e. The summed E-state index contributed by atoms with van der Waals surface area (Å²) in [5, 5.41) is 0.829. The minimum absolute atomic E-state index is 0.414. The number of ether oxygens (including phenoxy) is 3. The Bertz CT molecular complexity index is 819. The van der Waals surface area contributed by atoms with Crippen molar-refractivity contribution in [2.75, 3.05) is 35.4 Å². The highest BCUT2D eigenvalue weighted by molar-refractivity contribution is 6.39. The number of aliphatic imine (C=N–C) groups is 2. The first-order valence-corrected chi connectivity index (χ1v) is 8.69. The Labute approximate surface area is 169 Å². The molecule has 0 aliphatic carbocycles. The molecular weight excluding hydrogens is 389 g/mol. The van der Waals surface area contributed by atoms with Crippen molar-refractivity contribution in [2.24, 2.45) is 9.98 Å². The van der Waals surface area contributed by atoms with Gasteiger partial charge in [-0.3, -0.25) is 4.99 Å². The molecule has 8 heteroatoms. The Balaban J connectivity index is 2.36. The molecule has 0 N–H and O–H groups in total. The Morgan fingerprint density at radius 1 is 0.852 bits per heavy atom. The van der Waals surface area contributed by atoms with Gasteiger partial charge in [0.05, 0.1) is 43.4 Å². The normalized spacial score (nSPS) is 11.2. The molecule has 0 heterocycles. The highest BCUT2D eigenvalue weighted by Crippen LogP contribution is 2.39. The van der Waals surface area contributed by atoms with Crippen LogP contribution in [0.3, 0.4) is 0 Å². The highest BCUT2D eigenvalue weighted by Gasteiger charge is 2.12. The lowest BCUT2D eigenvalue weighted by Crippen LogP contribution is -2.07. The Morgan fingerprint density at radius 2 is 1.41 bits per heavy atom. The van der Waals surface area contributed by atoms with Crippen molar-refractivity contribution >= 4 is 47.1 Å². The summed E-state index contributed by atoms with van der Waals surface area (Å²) in [4.78, 5) is 10.5. The average Bonchev–Trinajstić information content (AvgIpc) is 2.64. The predicted molar refractivity (Wildman–Crippen MR) is 112 cm³/mol. The highest BCUT2D eigenvalue weighted by atomic mass is 35.5. The summed E-state index contributed by atoms with van der Waals surface area (Å²) in [6.45, 7) is 0. The molecule has 0 spiro atoms. The van der Waals surface area contributed by atoms with E-state index in [2.05, 4.69) is 9.98 Å². The van der Waals surface area contributed by atoms with Gasteiger partial charge in [-0.05, 0) is 24.3 Å². The van der Waals surface area contributed by atoms with Crippen LogP contribution in [0.1, 0.15) is 5.56 Å².